The van der Waals surface area contributed by atoms with Gasteiger partial charge < -0.3 is 8.83 Å². The van der Waals surface area contributed by atoms with E-state index in [0.29, 0.717) is 0 Å². The van der Waals surface area contributed by atoms with Crippen LogP contribution < -0.4 is 0 Å². The van der Waals surface area contributed by atoms with E-state index >= 15 is 0 Å². The Morgan fingerprint density at radius 3 is 1.12 bits per heavy atom. The van der Waals surface area contributed by atoms with Gasteiger partial charge in [0.2, 0.25) is 0 Å². The van der Waals surface area contributed by atoms with Gasteiger partial charge >= 0.3 is 0 Å². The normalized spacial score (nSPS) is 12.1. The van der Waals surface area contributed by atoms with Crippen molar-refractivity contribution in [1.82, 2.24) is 0 Å². The van der Waals surface area contributed by atoms with Crippen LogP contribution in [0.25, 0.3) is 43.9 Å². The summed E-state index contributed by atoms with van der Waals surface area (Å²) in [7, 11) is 0. The molecule has 5 rings (SSSR count). The van der Waals surface area contributed by atoms with Crippen molar-refractivity contribution in [2.75, 3.05) is 0 Å². The summed E-state index contributed by atoms with van der Waals surface area (Å²) in [6.45, 7) is 4.57. The third-order valence-corrected chi connectivity index (χ3v) is 8.83. The van der Waals surface area contributed by atoms with Crippen LogP contribution in [0.15, 0.2) is 57.4 Å². The van der Waals surface area contributed by atoms with E-state index in [0.717, 1.165) is 45.9 Å². The first kappa shape index (κ1) is 28.8. The van der Waals surface area contributed by atoms with Crippen molar-refractivity contribution in [2.24, 2.45) is 0 Å². The molecule has 3 aromatic carbocycles. The van der Waals surface area contributed by atoms with Gasteiger partial charge in [0, 0.05) is 21.5 Å². The highest BCUT2D eigenvalue weighted by Gasteiger charge is 2.14. The van der Waals surface area contributed by atoms with Gasteiger partial charge in [0.15, 0.2) is 0 Å². The Balaban J connectivity index is 1.20. The fraction of sp³-hybridized carbons (Fsp3) is 0.526. The van der Waals surface area contributed by atoms with Crippen molar-refractivity contribution in [2.45, 2.75) is 129 Å². The summed E-state index contributed by atoms with van der Waals surface area (Å²) in [5, 5.41) is 4.68. The second-order valence-corrected chi connectivity index (χ2v) is 12.2. The van der Waals surface area contributed by atoms with Crippen LogP contribution in [0.2, 0.25) is 0 Å². The molecule has 2 nitrogen and oxygen atoms in total. The lowest BCUT2D eigenvalue weighted by Gasteiger charge is -2.03. The maximum absolute atomic E-state index is 6.39. The summed E-state index contributed by atoms with van der Waals surface area (Å²) in [5.41, 5.74) is 6.68. The smallest absolute Gasteiger partial charge is 0.136 e. The van der Waals surface area contributed by atoms with Crippen LogP contribution in [0.4, 0.5) is 0 Å². The topological polar surface area (TPSA) is 26.3 Å². The molecule has 214 valence electrons. The number of aryl methyl sites for hydroxylation is 2. The number of furan rings is 2. The Bertz CT molecular complexity index is 1370. The average molecular weight is 539 g/mol. The fourth-order valence-corrected chi connectivity index (χ4v) is 6.37. The summed E-state index contributed by atoms with van der Waals surface area (Å²) < 4.78 is 12.8. The van der Waals surface area contributed by atoms with Crippen LogP contribution in [-0.2, 0) is 12.8 Å². The number of rotatable bonds is 18. The highest BCUT2D eigenvalue weighted by atomic mass is 16.3. The highest BCUT2D eigenvalue weighted by Crippen LogP contribution is 2.37. The van der Waals surface area contributed by atoms with E-state index in [1.54, 1.807) is 0 Å². The van der Waals surface area contributed by atoms with Crippen molar-refractivity contribution in [1.29, 1.82) is 0 Å². The van der Waals surface area contributed by atoms with Gasteiger partial charge in [0.25, 0.3) is 0 Å². The molecule has 2 heterocycles. The van der Waals surface area contributed by atoms with Crippen LogP contribution in [0, 0.1) is 0 Å². The first-order chi connectivity index (χ1) is 19.8. The number of benzene rings is 3. The fourth-order valence-electron chi connectivity index (χ4n) is 6.37. The van der Waals surface area contributed by atoms with E-state index < -0.39 is 0 Å². The van der Waals surface area contributed by atoms with E-state index in [4.69, 9.17) is 8.83 Å². The van der Waals surface area contributed by atoms with E-state index in [2.05, 4.69) is 62.4 Å². The minimum absolute atomic E-state index is 0.956. The van der Waals surface area contributed by atoms with Gasteiger partial charge in [-0.2, -0.15) is 0 Å². The zero-order valence-electron chi connectivity index (χ0n) is 25.2. The third kappa shape index (κ3) is 7.31. The minimum Gasteiger partial charge on any atom is -0.456 e. The third-order valence-electron chi connectivity index (χ3n) is 8.83. The molecule has 2 aromatic heterocycles. The average Bonchev–Trinajstić information content (AvgIpc) is 3.50. The minimum atomic E-state index is 0.956. The number of hydrogen-bond donors (Lipinski definition) is 0. The molecule has 0 saturated heterocycles. The number of unbranched alkanes of at least 4 members (excludes halogenated alkanes) is 14. The highest BCUT2D eigenvalue weighted by molar-refractivity contribution is 6.14. The van der Waals surface area contributed by atoms with Gasteiger partial charge in [-0.05, 0) is 61.1 Å². The molecule has 0 aliphatic rings. The molecule has 0 aliphatic heterocycles. The van der Waals surface area contributed by atoms with Gasteiger partial charge in [0.1, 0.15) is 22.3 Å². The molecule has 0 spiro atoms. The quantitative estimate of drug-likeness (QED) is 0.104. The summed E-state index contributed by atoms with van der Waals surface area (Å²) in [6.07, 6.45) is 24.0. The molecular formula is C38H50O2. The molecule has 0 saturated carbocycles. The predicted molar refractivity (Wildman–Crippen MR) is 174 cm³/mol. The Morgan fingerprint density at radius 2 is 0.725 bits per heavy atom. The van der Waals surface area contributed by atoms with Crippen molar-refractivity contribution in [3.05, 3.63) is 59.7 Å². The Hall–Kier alpha value is -2.74. The number of hydrogen-bond acceptors (Lipinski definition) is 2. The van der Waals surface area contributed by atoms with Gasteiger partial charge in [-0.25, -0.2) is 0 Å². The molecule has 5 aromatic rings. The Labute approximate surface area is 241 Å². The summed E-state index contributed by atoms with van der Waals surface area (Å²) in [5.74, 6) is 0. The molecule has 0 amide bonds. The van der Waals surface area contributed by atoms with Crippen molar-refractivity contribution in [3.8, 4) is 0 Å². The standard InChI is InChI=1S/C38H50O2/c1-3-5-7-9-11-13-15-17-19-29-21-23-31-33-27-38-34(28-37(33)39-35(31)25-29)32-24-22-30(26-36(32)40-38)20-18-16-14-12-10-8-6-4-2/h21-28H,3-20H2,1-2H3. The SMILES string of the molecule is CCCCCCCCCCc1ccc2c(c1)oc1cc3c(cc12)oc1cc(CCCCCCCCCC)ccc13. The molecule has 0 bridgehead atoms. The first-order valence-corrected chi connectivity index (χ1v) is 16.6. The molecule has 2 heteroatoms. The molecule has 0 radical (unpaired) electrons. The monoisotopic (exact) mass is 538 g/mol. The van der Waals surface area contributed by atoms with Gasteiger partial charge in [-0.15, -0.1) is 0 Å². The maximum atomic E-state index is 6.39. The summed E-state index contributed by atoms with van der Waals surface area (Å²) >= 11 is 0. The van der Waals surface area contributed by atoms with Crippen molar-refractivity contribution >= 4 is 43.9 Å². The van der Waals surface area contributed by atoms with E-state index in [9.17, 15) is 0 Å². The Kier molecular flexibility index (Phi) is 10.6. The van der Waals surface area contributed by atoms with Crippen LogP contribution in [-0.4, -0.2) is 0 Å². The lowest BCUT2D eigenvalue weighted by Crippen LogP contribution is -1.86. The van der Waals surface area contributed by atoms with Gasteiger partial charge in [-0.1, -0.05) is 128 Å². The molecule has 0 fully saturated rings. The first-order valence-electron chi connectivity index (χ1n) is 16.6. The van der Waals surface area contributed by atoms with Crippen LogP contribution in [0.3, 0.4) is 0 Å². The lowest BCUT2D eigenvalue weighted by atomic mass is 10.0. The van der Waals surface area contributed by atoms with E-state index in [1.807, 2.05) is 0 Å². The zero-order valence-corrected chi connectivity index (χ0v) is 25.2. The van der Waals surface area contributed by atoms with Gasteiger partial charge in [0.05, 0.1) is 0 Å². The second kappa shape index (κ2) is 14.8. The largest absolute Gasteiger partial charge is 0.456 e. The summed E-state index contributed by atoms with van der Waals surface area (Å²) in [4.78, 5) is 0. The van der Waals surface area contributed by atoms with Crippen LogP contribution in [0.1, 0.15) is 128 Å². The lowest BCUT2D eigenvalue weighted by molar-refractivity contribution is 0.575. The predicted octanol–water partition coefficient (Wildman–Crippen LogP) is 12.9. The molecule has 0 N–H and O–H groups in total. The molecule has 0 atom stereocenters. The van der Waals surface area contributed by atoms with E-state index in [-0.39, 0.29) is 0 Å². The number of fused-ring (bicyclic) bond motifs is 6. The van der Waals surface area contributed by atoms with Crippen molar-refractivity contribution < 1.29 is 8.83 Å². The molecule has 0 aliphatic carbocycles. The second-order valence-electron chi connectivity index (χ2n) is 12.2. The molecule has 0 unspecified atom stereocenters. The zero-order chi connectivity index (χ0) is 27.6. The molecule has 40 heavy (non-hydrogen) atoms. The van der Waals surface area contributed by atoms with E-state index in [1.165, 1.54) is 125 Å². The van der Waals surface area contributed by atoms with Crippen LogP contribution >= 0.6 is 0 Å². The summed E-state index contributed by atoms with van der Waals surface area (Å²) in [6, 6.07) is 18.0. The van der Waals surface area contributed by atoms with Crippen molar-refractivity contribution in [3.63, 3.8) is 0 Å². The Morgan fingerprint density at radius 1 is 0.375 bits per heavy atom. The maximum Gasteiger partial charge on any atom is 0.136 e. The molecular weight excluding hydrogens is 488 g/mol. The van der Waals surface area contributed by atoms with Gasteiger partial charge in [-0.3, -0.25) is 0 Å². The van der Waals surface area contributed by atoms with Crippen LogP contribution in [0.5, 0.6) is 0 Å².